The number of benzene rings is 1. The molecule has 0 spiro atoms. The first kappa shape index (κ1) is 16.9. The van der Waals surface area contributed by atoms with E-state index >= 15 is 0 Å². The minimum atomic E-state index is 0.0412. The normalized spacial score (nSPS) is 12.2. The van der Waals surface area contributed by atoms with E-state index < -0.39 is 0 Å². The molecule has 112 valence electrons. The average Bonchev–Trinajstić information content (AvgIpc) is 2.39. The van der Waals surface area contributed by atoms with Crippen LogP contribution in [-0.2, 0) is 9.47 Å². The van der Waals surface area contributed by atoms with E-state index in [1.807, 2.05) is 18.2 Å². The van der Waals surface area contributed by atoms with Gasteiger partial charge in [-0.3, -0.25) is 5.41 Å². The Hall–Kier alpha value is -1.11. The van der Waals surface area contributed by atoms with E-state index in [1.165, 1.54) is 0 Å². The fraction of sp³-hybridized carbons (Fsp3) is 0.500. The van der Waals surface area contributed by atoms with Crippen LogP contribution in [0.1, 0.15) is 12.5 Å². The molecule has 20 heavy (non-hydrogen) atoms. The Kier molecular flexibility index (Phi) is 6.98. The molecule has 5 nitrogen and oxygen atoms in total. The summed E-state index contributed by atoms with van der Waals surface area (Å²) in [6.07, 6.45) is 0. The van der Waals surface area contributed by atoms with Crippen LogP contribution in [0.3, 0.4) is 0 Å². The van der Waals surface area contributed by atoms with Gasteiger partial charge in [0.05, 0.1) is 18.8 Å². The quantitative estimate of drug-likeness (QED) is 0.560. The van der Waals surface area contributed by atoms with Gasteiger partial charge in [0.2, 0.25) is 0 Å². The van der Waals surface area contributed by atoms with Gasteiger partial charge in [0.1, 0.15) is 5.84 Å². The standard InChI is InChI=1S/C14H22BrN3O2/c1-10(9-20-3)18(7-8-19-2)12-6-4-5-11(15)13(12)14(16)17/h4-6,10H,7-9H2,1-3H3,(H3,16,17). The molecule has 1 aromatic rings. The van der Waals surface area contributed by atoms with Crippen LogP contribution in [0.2, 0.25) is 0 Å². The minimum absolute atomic E-state index is 0.0412. The molecule has 1 unspecified atom stereocenters. The molecule has 0 heterocycles. The van der Waals surface area contributed by atoms with Crippen LogP contribution in [0.15, 0.2) is 22.7 Å². The number of hydrogen-bond acceptors (Lipinski definition) is 4. The third-order valence-corrected chi connectivity index (χ3v) is 3.71. The third-order valence-electron chi connectivity index (χ3n) is 3.05. The summed E-state index contributed by atoms with van der Waals surface area (Å²) in [7, 11) is 3.35. The lowest BCUT2D eigenvalue weighted by molar-refractivity contribution is 0.171. The van der Waals surface area contributed by atoms with Crippen LogP contribution in [0.5, 0.6) is 0 Å². The van der Waals surface area contributed by atoms with Gasteiger partial charge in [0.25, 0.3) is 0 Å². The highest BCUT2D eigenvalue weighted by Crippen LogP contribution is 2.28. The summed E-state index contributed by atoms with van der Waals surface area (Å²) in [6, 6.07) is 5.94. The summed E-state index contributed by atoms with van der Waals surface area (Å²) in [5.74, 6) is 0.0412. The zero-order chi connectivity index (χ0) is 15.1. The number of nitrogen functional groups attached to an aromatic ring is 1. The van der Waals surface area contributed by atoms with Crippen LogP contribution in [0, 0.1) is 5.41 Å². The van der Waals surface area contributed by atoms with Crippen molar-refractivity contribution >= 4 is 27.5 Å². The third kappa shape index (κ3) is 4.19. The van der Waals surface area contributed by atoms with Crippen LogP contribution < -0.4 is 10.6 Å². The number of nitrogens with zero attached hydrogens (tertiary/aromatic N) is 1. The highest BCUT2D eigenvalue weighted by Gasteiger charge is 2.20. The number of nitrogens with one attached hydrogen (secondary N) is 1. The SMILES string of the molecule is COCCN(c1cccc(Br)c1C(=N)N)C(C)COC. The molecule has 0 fully saturated rings. The van der Waals surface area contributed by atoms with Crippen molar-refractivity contribution in [2.75, 3.05) is 38.9 Å². The largest absolute Gasteiger partial charge is 0.384 e. The van der Waals surface area contributed by atoms with Crippen molar-refractivity contribution in [2.24, 2.45) is 5.73 Å². The zero-order valence-electron chi connectivity index (χ0n) is 12.1. The molecule has 0 aliphatic rings. The maximum atomic E-state index is 7.79. The van der Waals surface area contributed by atoms with Crippen LogP contribution >= 0.6 is 15.9 Å². The van der Waals surface area contributed by atoms with Crippen molar-refractivity contribution in [2.45, 2.75) is 13.0 Å². The molecule has 1 rings (SSSR count). The summed E-state index contributed by atoms with van der Waals surface area (Å²) < 4.78 is 11.2. The Morgan fingerprint density at radius 1 is 1.40 bits per heavy atom. The van der Waals surface area contributed by atoms with E-state index in [9.17, 15) is 0 Å². The van der Waals surface area contributed by atoms with Gasteiger partial charge in [-0.15, -0.1) is 0 Å². The molecule has 0 saturated carbocycles. The second-order valence-corrected chi connectivity index (χ2v) is 5.39. The van der Waals surface area contributed by atoms with Crippen molar-refractivity contribution in [3.8, 4) is 0 Å². The average molecular weight is 344 g/mol. The summed E-state index contributed by atoms with van der Waals surface area (Å²) in [4.78, 5) is 2.15. The van der Waals surface area contributed by atoms with Crippen LogP contribution in [0.4, 0.5) is 5.69 Å². The second kappa shape index (κ2) is 8.24. The number of rotatable bonds is 8. The van der Waals surface area contributed by atoms with Crippen LogP contribution in [-0.4, -0.2) is 45.9 Å². The molecule has 1 aromatic carbocycles. The number of methoxy groups -OCH3 is 2. The van der Waals surface area contributed by atoms with Crippen molar-refractivity contribution in [1.29, 1.82) is 5.41 Å². The predicted octanol–water partition coefficient (Wildman–Crippen LogP) is 2.22. The van der Waals surface area contributed by atoms with E-state index in [0.717, 1.165) is 10.2 Å². The van der Waals surface area contributed by atoms with E-state index in [-0.39, 0.29) is 11.9 Å². The van der Waals surface area contributed by atoms with Gasteiger partial charge >= 0.3 is 0 Å². The molecule has 0 aromatic heterocycles. The Balaban J connectivity index is 3.18. The van der Waals surface area contributed by atoms with Crippen molar-refractivity contribution in [3.05, 3.63) is 28.2 Å². The van der Waals surface area contributed by atoms with Crippen molar-refractivity contribution in [3.63, 3.8) is 0 Å². The van der Waals surface area contributed by atoms with Crippen molar-refractivity contribution in [1.82, 2.24) is 0 Å². The predicted molar refractivity (Wildman–Crippen MR) is 85.7 cm³/mol. The lowest BCUT2D eigenvalue weighted by atomic mass is 10.1. The molecular formula is C14H22BrN3O2. The Morgan fingerprint density at radius 3 is 2.65 bits per heavy atom. The first-order chi connectivity index (χ1) is 9.52. The molecule has 0 saturated heterocycles. The van der Waals surface area contributed by atoms with Crippen LogP contribution in [0.25, 0.3) is 0 Å². The van der Waals surface area contributed by atoms with Gasteiger partial charge in [-0.05, 0) is 35.0 Å². The summed E-state index contributed by atoms with van der Waals surface area (Å²) in [5, 5.41) is 7.79. The maximum absolute atomic E-state index is 7.79. The van der Waals surface area contributed by atoms with E-state index in [2.05, 4.69) is 27.8 Å². The molecule has 0 aliphatic heterocycles. The highest BCUT2D eigenvalue weighted by atomic mass is 79.9. The van der Waals surface area contributed by atoms with E-state index in [0.29, 0.717) is 25.3 Å². The summed E-state index contributed by atoms with van der Waals surface area (Å²) in [5.41, 5.74) is 7.33. The Morgan fingerprint density at radius 2 is 2.10 bits per heavy atom. The molecule has 0 radical (unpaired) electrons. The molecule has 0 bridgehead atoms. The summed E-state index contributed by atoms with van der Waals surface area (Å²) >= 11 is 3.46. The van der Waals surface area contributed by atoms with Gasteiger partial charge < -0.3 is 20.1 Å². The summed E-state index contributed by atoms with van der Waals surface area (Å²) in [6.45, 7) is 3.97. The number of amidine groups is 1. The van der Waals surface area contributed by atoms with E-state index in [4.69, 9.17) is 20.6 Å². The molecule has 3 N–H and O–H groups in total. The van der Waals surface area contributed by atoms with E-state index in [1.54, 1.807) is 14.2 Å². The monoisotopic (exact) mass is 343 g/mol. The first-order valence-electron chi connectivity index (χ1n) is 6.40. The lowest BCUT2D eigenvalue weighted by Crippen LogP contribution is -2.40. The number of anilines is 1. The zero-order valence-corrected chi connectivity index (χ0v) is 13.7. The Labute approximate surface area is 128 Å². The highest BCUT2D eigenvalue weighted by molar-refractivity contribution is 9.10. The van der Waals surface area contributed by atoms with Crippen molar-refractivity contribution < 1.29 is 9.47 Å². The smallest absolute Gasteiger partial charge is 0.126 e. The topological polar surface area (TPSA) is 71.6 Å². The number of ether oxygens (including phenoxy) is 2. The van der Waals surface area contributed by atoms with Gasteiger partial charge in [0.15, 0.2) is 0 Å². The lowest BCUT2D eigenvalue weighted by Gasteiger charge is -2.32. The number of halogens is 1. The van der Waals surface area contributed by atoms with Gasteiger partial charge in [-0.2, -0.15) is 0 Å². The number of hydrogen-bond donors (Lipinski definition) is 2. The Bertz CT molecular complexity index is 454. The van der Waals surface area contributed by atoms with Gasteiger partial charge in [-0.25, -0.2) is 0 Å². The second-order valence-electron chi connectivity index (χ2n) is 4.54. The minimum Gasteiger partial charge on any atom is -0.384 e. The molecule has 0 aliphatic carbocycles. The molecular weight excluding hydrogens is 322 g/mol. The van der Waals surface area contributed by atoms with Gasteiger partial charge in [0, 0.05) is 37.0 Å². The number of nitrogens with two attached hydrogens (primary N) is 1. The molecule has 6 heteroatoms. The first-order valence-corrected chi connectivity index (χ1v) is 7.19. The molecule has 1 atom stereocenters. The maximum Gasteiger partial charge on any atom is 0.126 e. The molecule has 0 amide bonds. The van der Waals surface area contributed by atoms with Gasteiger partial charge in [-0.1, -0.05) is 6.07 Å². The fourth-order valence-electron chi connectivity index (χ4n) is 2.12. The fourth-order valence-corrected chi connectivity index (χ4v) is 2.69.